The summed E-state index contributed by atoms with van der Waals surface area (Å²) in [5, 5.41) is 10.5. The lowest BCUT2D eigenvalue weighted by Gasteiger charge is -1.98. The quantitative estimate of drug-likeness (QED) is 0.461. The van der Waals surface area contributed by atoms with E-state index in [0.717, 1.165) is 0 Å². The smallest absolute Gasteiger partial charge is 0.249 e. The topological polar surface area (TPSA) is 78.9 Å². The summed E-state index contributed by atoms with van der Waals surface area (Å²) in [5.41, 5.74) is 4.73. The van der Waals surface area contributed by atoms with Crippen LogP contribution in [0.15, 0.2) is 0 Å². The van der Waals surface area contributed by atoms with Crippen LogP contribution in [0.1, 0.15) is 0 Å². The number of likely N-dealkylation sites (N-methyl/N-ethyl adjacent to an activating group) is 1. The second-order valence-corrected chi connectivity index (χ2v) is 1.25. The third kappa shape index (κ3) is 1.58. The summed E-state index contributed by atoms with van der Waals surface area (Å²) < 4.78 is 0. The first kappa shape index (κ1) is 6.92. The molecule has 0 aromatic carbocycles. The summed E-state index contributed by atoms with van der Waals surface area (Å²) >= 11 is 0. The summed E-state index contributed by atoms with van der Waals surface area (Å²) in [7, 11) is 1.50. The van der Waals surface area contributed by atoms with E-state index in [0.29, 0.717) is 0 Å². The Morgan fingerprint density at radius 3 is 2.50 bits per heavy atom. The van der Waals surface area contributed by atoms with Gasteiger partial charge in [0.15, 0.2) is 6.04 Å². The lowest BCUT2D eigenvalue weighted by Crippen LogP contribution is -2.37. The number of rotatable bonds is 2. The fourth-order valence-corrected chi connectivity index (χ4v) is 0.270. The highest BCUT2D eigenvalue weighted by Crippen LogP contribution is 1.72. The molecule has 0 heterocycles. The Kier molecular flexibility index (Phi) is 2.59. The number of amides is 1. The van der Waals surface area contributed by atoms with E-state index >= 15 is 0 Å². The van der Waals surface area contributed by atoms with Crippen molar-refractivity contribution in [1.29, 1.82) is 5.26 Å². The highest BCUT2D eigenvalue weighted by Gasteiger charge is 2.08. The van der Waals surface area contributed by atoms with Crippen molar-refractivity contribution < 1.29 is 4.79 Å². The molecule has 1 unspecified atom stereocenters. The molecule has 0 aromatic rings. The number of nitrogens with two attached hydrogens (primary N) is 1. The minimum atomic E-state index is -0.852. The summed E-state index contributed by atoms with van der Waals surface area (Å²) in [6, 6.07) is 0.814. The molecule has 4 heteroatoms. The Labute approximate surface area is 47.3 Å². The monoisotopic (exact) mass is 113 g/mol. The molecular weight excluding hydrogens is 106 g/mol. The normalized spacial score (nSPS) is 12.0. The number of carbonyl (C=O) groups is 1. The van der Waals surface area contributed by atoms with Crippen molar-refractivity contribution in [3.63, 3.8) is 0 Å². The number of nitrogens with one attached hydrogen (secondary N) is 1. The molecule has 0 saturated carbocycles. The van der Waals surface area contributed by atoms with E-state index < -0.39 is 11.9 Å². The molecule has 0 rings (SSSR count). The summed E-state index contributed by atoms with van der Waals surface area (Å²) in [5.74, 6) is -0.644. The van der Waals surface area contributed by atoms with Gasteiger partial charge in [-0.2, -0.15) is 5.26 Å². The molecule has 44 valence electrons. The Balaban J connectivity index is 3.76. The lowest BCUT2D eigenvalue weighted by atomic mass is 10.3. The lowest BCUT2D eigenvalue weighted by molar-refractivity contribution is -0.118. The molecule has 1 atom stereocenters. The van der Waals surface area contributed by atoms with Gasteiger partial charge in [0.05, 0.1) is 6.07 Å². The molecule has 0 aliphatic heterocycles. The predicted molar refractivity (Wildman–Crippen MR) is 27.7 cm³/mol. The molecule has 0 radical (unpaired) electrons. The van der Waals surface area contributed by atoms with E-state index in [1.807, 2.05) is 0 Å². The van der Waals surface area contributed by atoms with Gasteiger partial charge in [0.1, 0.15) is 0 Å². The first-order valence-corrected chi connectivity index (χ1v) is 2.08. The molecule has 8 heavy (non-hydrogen) atoms. The average molecular weight is 113 g/mol. The Hall–Kier alpha value is -1.08. The SMILES string of the molecule is CNC(C#N)C(N)=O. The molecule has 0 bridgehead atoms. The van der Waals surface area contributed by atoms with Gasteiger partial charge in [-0.25, -0.2) is 0 Å². The molecule has 0 aromatic heterocycles. The largest absolute Gasteiger partial charge is 0.367 e. The van der Waals surface area contributed by atoms with Gasteiger partial charge in [0.25, 0.3) is 0 Å². The summed E-state index contributed by atoms with van der Waals surface area (Å²) in [6.07, 6.45) is 0. The fourth-order valence-electron chi connectivity index (χ4n) is 0.270. The number of nitrogens with zero attached hydrogens (tertiary/aromatic N) is 1. The maximum absolute atomic E-state index is 10.1. The highest BCUT2D eigenvalue weighted by molar-refractivity contribution is 5.82. The van der Waals surface area contributed by atoms with Crippen LogP contribution < -0.4 is 11.1 Å². The van der Waals surface area contributed by atoms with Gasteiger partial charge in [0.2, 0.25) is 5.91 Å². The average Bonchev–Trinajstić information content (AvgIpc) is 1.69. The van der Waals surface area contributed by atoms with E-state index in [-0.39, 0.29) is 0 Å². The van der Waals surface area contributed by atoms with Crippen LogP contribution >= 0.6 is 0 Å². The minimum Gasteiger partial charge on any atom is -0.367 e. The number of carbonyl (C=O) groups excluding carboxylic acids is 1. The van der Waals surface area contributed by atoms with E-state index in [2.05, 4.69) is 5.32 Å². The van der Waals surface area contributed by atoms with Gasteiger partial charge < -0.3 is 5.73 Å². The van der Waals surface area contributed by atoms with Crippen molar-refractivity contribution in [3.05, 3.63) is 0 Å². The molecule has 0 aliphatic carbocycles. The van der Waals surface area contributed by atoms with E-state index in [4.69, 9.17) is 11.0 Å². The van der Waals surface area contributed by atoms with Gasteiger partial charge in [0, 0.05) is 0 Å². The van der Waals surface area contributed by atoms with Crippen LogP contribution in [-0.2, 0) is 4.79 Å². The van der Waals surface area contributed by atoms with Crippen LogP contribution in [0.4, 0.5) is 0 Å². The third-order valence-electron chi connectivity index (χ3n) is 0.702. The summed E-state index contributed by atoms with van der Waals surface area (Å²) in [6.45, 7) is 0. The number of hydrogen-bond donors (Lipinski definition) is 2. The number of hydrogen-bond acceptors (Lipinski definition) is 3. The maximum atomic E-state index is 10.1. The van der Waals surface area contributed by atoms with Crippen molar-refractivity contribution in [2.45, 2.75) is 6.04 Å². The number of nitriles is 1. The van der Waals surface area contributed by atoms with Crippen molar-refractivity contribution in [2.75, 3.05) is 7.05 Å². The van der Waals surface area contributed by atoms with Crippen molar-refractivity contribution in [2.24, 2.45) is 5.73 Å². The van der Waals surface area contributed by atoms with Gasteiger partial charge >= 0.3 is 0 Å². The second-order valence-electron chi connectivity index (χ2n) is 1.25. The maximum Gasteiger partial charge on any atom is 0.249 e. The molecule has 1 amide bonds. The first-order valence-electron chi connectivity index (χ1n) is 2.08. The molecule has 0 saturated heterocycles. The predicted octanol–water partition coefficient (Wildman–Crippen LogP) is -1.42. The van der Waals surface area contributed by atoms with E-state index in [1.54, 1.807) is 6.07 Å². The van der Waals surface area contributed by atoms with Crippen LogP contribution in [0.5, 0.6) is 0 Å². The van der Waals surface area contributed by atoms with Gasteiger partial charge in [-0.05, 0) is 7.05 Å². The molecule has 0 fully saturated rings. The second kappa shape index (κ2) is 2.99. The van der Waals surface area contributed by atoms with Gasteiger partial charge in [-0.1, -0.05) is 0 Å². The van der Waals surface area contributed by atoms with Crippen molar-refractivity contribution >= 4 is 5.91 Å². The van der Waals surface area contributed by atoms with E-state index in [9.17, 15) is 4.79 Å². The molecule has 0 aliphatic rings. The summed E-state index contributed by atoms with van der Waals surface area (Å²) in [4.78, 5) is 10.1. The van der Waals surface area contributed by atoms with Crippen molar-refractivity contribution in [3.8, 4) is 6.07 Å². The van der Waals surface area contributed by atoms with Gasteiger partial charge in [-0.3, -0.25) is 10.1 Å². The highest BCUT2D eigenvalue weighted by atomic mass is 16.1. The Morgan fingerprint density at radius 2 is 2.50 bits per heavy atom. The fraction of sp³-hybridized carbons (Fsp3) is 0.500. The Bertz CT molecular complexity index is 126. The molecular formula is C4H7N3O. The zero-order chi connectivity index (χ0) is 6.57. The first-order chi connectivity index (χ1) is 3.72. The third-order valence-corrected chi connectivity index (χ3v) is 0.702. The van der Waals surface area contributed by atoms with E-state index in [1.165, 1.54) is 7.05 Å². The van der Waals surface area contributed by atoms with Gasteiger partial charge in [-0.15, -0.1) is 0 Å². The molecule has 3 N–H and O–H groups in total. The standard InChI is InChI=1S/C4H7N3O/c1-7-3(2-5)4(6)8/h3,7H,1H3,(H2,6,8). The zero-order valence-corrected chi connectivity index (χ0v) is 4.51. The zero-order valence-electron chi connectivity index (χ0n) is 4.51. The van der Waals surface area contributed by atoms with Crippen LogP contribution in [0.2, 0.25) is 0 Å². The van der Waals surface area contributed by atoms with Crippen LogP contribution in [-0.4, -0.2) is 19.0 Å². The van der Waals surface area contributed by atoms with Crippen molar-refractivity contribution in [1.82, 2.24) is 5.32 Å². The number of primary amides is 1. The van der Waals surface area contributed by atoms with Crippen LogP contribution in [0.25, 0.3) is 0 Å². The Morgan fingerprint density at radius 1 is 2.00 bits per heavy atom. The molecule has 0 spiro atoms. The van der Waals surface area contributed by atoms with Crippen LogP contribution in [0.3, 0.4) is 0 Å². The minimum absolute atomic E-state index is 0.644. The molecule has 4 nitrogen and oxygen atoms in total. The van der Waals surface area contributed by atoms with Crippen LogP contribution in [0, 0.1) is 11.3 Å².